The van der Waals surface area contributed by atoms with E-state index in [-0.39, 0.29) is 6.17 Å². The first-order chi connectivity index (χ1) is 24.8. The molecule has 5 heteroatoms. The normalized spacial score (nSPS) is 14.6. The quantitative estimate of drug-likeness (QED) is 0.203. The predicted octanol–water partition coefficient (Wildman–Crippen LogP) is 10.8. The van der Waals surface area contributed by atoms with Gasteiger partial charge in [0.05, 0.1) is 16.7 Å². The van der Waals surface area contributed by atoms with E-state index in [1.165, 1.54) is 11.1 Å². The third kappa shape index (κ3) is 4.63. The van der Waals surface area contributed by atoms with Crippen molar-refractivity contribution in [3.63, 3.8) is 0 Å². The molecule has 2 aromatic heterocycles. The number of amidine groups is 2. The van der Waals surface area contributed by atoms with Gasteiger partial charge in [-0.25, -0.2) is 9.98 Å². The monoisotopic (exact) mass is 642 g/mol. The number of nitrogens with one attached hydrogen (secondary N) is 1. The number of rotatable bonds is 5. The highest BCUT2D eigenvalue weighted by molar-refractivity contribution is 6.19. The maximum atomic E-state index is 6.33. The molecule has 0 saturated heterocycles. The zero-order valence-electron chi connectivity index (χ0n) is 27.0. The molecule has 236 valence electrons. The van der Waals surface area contributed by atoms with Crippen molar-refractivity contribution in [3.05, 3.63) is 187 Å². The minimum atomic E-state index is -0.328. The van der Waals surface area contributed by atoms with Crippen molar-refractivity contribution in [3.8, 4) is 16.8 Å². The van der Waals surface area contributed by atoms with Gasteiger partial charge in [0.1, 0.15) is 23.2 Å². The van der Waals surface area contributed by atoms with E-state index in [1.54, 1.807) is 0 Å². The molecule has 1 aliphatic rings. The fourth-order valence-corrected chi connectivity index (χ4v) is 7.28. The second kappa shape index (κ2) is 11.5. The summed E-state index contributed by atoms with van der Waals surface area (Å²) in [5.74, 6) is 1.47. The number of aliphatic imine (C=N–C) groups is 2. The Bertz CT molecular complexity index is 2770. The summed E-state index contributed by atoms with van der Waals surface area (Å²) in [6, 6.07) is 59.1. The third-order valence-corrected chi connectivity index (χ3v) is 9.68. The lowest BCUT2D eigenvalue weighted by molar-refractivity contribution is 0.669. The summed E-state index contributed by atoms with van der Waals surface area (Å²) in [4.78, 5) is 10.5. The van der Waals surface area contributed by atoms with E-state index in [1.807, 2.05) is 36.4 Å². The lowest BCUT2D eigenvalue weighted by atomic mass is 10.0. The van der Waals surface area contributed by atoms with Crippen LogP contribution in [0.15, 0.2) is 184 Å². The first kappa shape index (κ1) is 28.3. The van der Waals surface area contributed by atoms with Crippen molar-refractivity contribution in [2.45, 2.75) is 6.17 Å². The van der Waals surface area contributed by atoms with Crippen LogP contribution in [0.4, 0.5) is 0 Å². The third-order valence-electron chi connectivity index (χ3n) is 9.68. The lowest BCUT2D eigenvalue weighted by Crippen LogP contribution is -2.33. The average molecular weight is 643 g/mol. The zero-order chi connectivity index (χ0) is 33.0. The molecule has 1 atom stereocenters. The van der Waals surface area contributed by atoms with Crippen LogP contribution in [-0.4, -0.2) is 16.2 Å². The smallest absolute Gasteiger partial charge is 0.161 e. The number of hydrogen-bond donors (Lipinski definition) is 1. The second-order valence-corrected chi connectivity index (χ2v) is 12.6. The van der Waals surface area contributed by atoms with E-state index in [2.05, 4.69) is 143 Å². The van der Waals surface area contributed by atoms with E-state index in [9.17, 15) is 0 Å². The van der Waals surface area contributed by atoms with Crippen LogP contribution in [0.1, 0.15) is 22.9 Å². The Balaban J connectivity index is 1.17. The van der Waals surface area contributed by atoms with Crippen LogP contribution >= 0.6 is 0 Å². The molecule has 7 aromatic carbocycles. The van der Waals surface area contributed by atoms with Crippen LogP contribution in [-0.2, 0) is 0 Å². The topological polar surface area (TPSA) is 54.8 Å². The molecule has 0 aliphatic carbocycles. The number of furan rings is 1. The van der Waals surface area contributed by atoms with Gasteiger partial charge >= 0.3 is 0 Å². The van der Waals surface area contributed by atoms with Crippen LogP contribution in [0.2, 0.25) is 0 Å². The van der Waals surface area contributed by atoms with E-state index >= 15 is 0 Å². The summed E-state index contributed by atoms with van der Waals surface area (Å²) in [6.45, 7) is 0. The molecule has 10 rings (SSSR count). The molecule has 50 heavy (non-hydrogen) atoms. The fraction of sp³-hybridized carbons (Fsp3) is 0.0222. The van der Waals surface area contributed by atoms with Crippen molar-refractivity contribution in [1.82, 2.24) is 9.88 Å². The number of fused-ring (bicyclic) bond motifs is 6. The summed E-state index contributed by atoms with van der Waals surface area (Å²) in [7, 11) is 0. The molecular formula is C45H30N4O. The van der Waals surface area contributed by atoms with Gasteiger partial charge in [-0.05, 0) is 53.1 Å². The standard InChI is InChI=1S/C45H30N4O/c1-3-13-29(14-4-1)30-23-25-32(26-24-30)44-46-43(31-15-5-2-6-16-31)47-45(48-44)35-19-8-11-21-39(35)49-38-20-10-7-17-33(38)36-28-42-37(27-40(36)49)34-18-9-12-22-41(34)50-42/h1-28,44H,(H,46,47,48). The number of benzene rings is 7. The van der Waals surface area contributed by atoms with Gasteiger partial charge in [0.25, 0.3) is 0 Å². The van der Waals surface area contributed by atoms with Crippen LogP contribution in [0.25, 0.3) is 60.6 Å². The van der Waals surface area contributed by atoms with Gasteiger partial charge in [-0.2, -0.15) is 0 Å². The van der Waals surface area contributed by atoms with Gasteiger partial charge in [-0.1, -0.05) is 133 Å². The molecule has 0 spiro atoms. The molecule has 0 bridgehead atoms. The first-order valence-electron chi connectivity index (χ1n) is 16.9. The molecule has 1 aliphatic heterocycles. The number of hydrogen-bond acceptors (Lipinski definition) is 4. The van der Waals surface area contributed by atoms with Gasteiger partial charge in [0.2, 0.25) is 0 Å². The van der Waals surface area contributed by atoms with E-state index in [0.29, 0.717) is 5.84 Å². The Labute approximate surface area is 288 Å². The molecular weight excluding hydrogens is 613 g/mol. The number of aromatic nitrogens is 1. The second-order valence-electron chi connectivity index (χ2n) is 12.6. The van der Waals surface area contributed by atoms with Crippen LogP contribution in [0, 0.1) is 0 Å². The highest BCUT2D eigenvalue weighted by atomic mass is 16.3. The summed E-state index contributed by atoms with van der Waals surface area (Å²) in [5, 5.41) is 8.14. The van der Waals surface area contributed by atoms with E-state index in [0.717, 1.165) is 72.0 Å². The van der Waals surface area contributed by atoms with Crippen LogP contribution < -0.4 is 5.32 Å². The summed E-state index contributed by atoms with van der Waals surface area (Å²) >= 11 is 0. The highest BCUT2D eigenvalue weighted by Crippen LogP contribution is 2.39. The molecule has 1 N–H and O–H groups in total. The highest BCUT2D eigenvalue weighted by Gasteiger charge is 2.24. The summed E-state index contributed by atoms with van der Waals surface area (Å²) < 4.78 is 8.68. The summed E-state index contributed by atoms with van der Waals surface area (Å²) in [5.41, 5.74) is 10.4. The molecule has 0 saturated carbocycles. The minimum Gasteiger partial charge on any atom is -0.456 e. The van der Waals surface area contributed by atoms with Gasteiger partial charge in [0, 0.05) is 32.7 Å². The Hall–Kier alpha value is -6.72. The van der Waals surface area contributed by atoms with Gasteiger partial charge in [-0.3, -0.25) is 0 Å². The van der Waals surface area contributed by atoms with Crippen LogP contribution in [0.3, 0.4) is 0 Å². The van der Waals surface area contributed by atoms with Gasteiger partial charge < -0.3 is 14.3 Å². The number of para-hydroxylation sites is 3. The molecule has 0 fully saturated rings. The summed E-state index contributed by atoms with van der Waals surface area (Å²) in [6.07, 6.45) is -0.328. The lowest BCUT2D eigenvalue weighted by Gasteiger charge is -2.25. The van der Waals surface area contributed by atoms with Crippen molar-refractivity contribution in [2.24, 2.45) is 9.98 Å². The van der Waals surface area contributed by atoms with Crippen molar-refractivity contribution >= 4 is 55.4 Å². The van der Waals surface area contributed by atoms with Crippen LogP contribution in [0.5, 0.6) is 0 Å². The Morgan fingerprint density at radius 2 is 1.16 bits per heavy atom. The fourth-order valence-electron chi connectivity index (χ4n) is 7.28. The largest absolute Gasteiger partial charge is 0.456 e. The van der Waals surface area contributed by atoms with Gasteiger partial charge in [-0.15, -0.1) is 0 Å². The molecule has 1 unspecified atom stereocenters. The Morgan fingerprint density at radius 3 is 1.98 bits per heavy atom. The van der Waals surface area contributed by atoms with Crippen molar-refractivity contribution in [2.75, 3.05) is 0 Å². The first-order valence-corrected chi connectivity index (χ1v) is 16.9. The zero-order valence-corrected chi connectivity index (χ0v) is 27.0. The average Bonchev–Trinajstić information content (AvgIpc) is 3.72. The Kier molecular flexibility index (Phi) is 6.49. The maximum Gasteiger partial charge on any atom is 0.161 e. The van der Waals surface area contributed by atoms with Crippen molar-refractivity contribution in [1.29, 1.82) is 0 Å². The molecule has 9 aromatic rings. The maximum absolute atomic E-state index is 6.33. The predicted molar refractivity (Wildman–Crippen MR) is 205 cm³/mol. The molecule has 3 heterocycles. The minimum absolute atomic E-state index is 0.328. The number of nitrogens with zero attached hydrogens (tertiary/aromatic N) is 3. The SMILES string of the molecule is c1ccc(C2=NC(c3ccccc3-n3c4ccccc4c4cc5oc6ccccc6c5cc43)=NC(c3ccc(-c4ccccc4)cc3)N2)cc1. The van der Waals surface area contributed by atoms with Crippen molar-refractivity contribution < 1.29 is 4.42 Å². The Morgan fingerprint density at radius 1 is 0.500 bits per heavy atom. The van der Waals surface area contributed by atoms with Gasteiger partial charge in [0.15, 0.2) is 5.84 Å². The molecule has 5 nitrogen and oxygen atoms in total. The molecule has 0 radical (unpaired) electrons. The van der Waals surface area contributed by atoms with E-state index < -0.39 is 0 Å². The van der Waals surface area contributed by atoms with E-state index in [4.69, 9.17) is 14.4 Å². The molecule has 0 amide bonds.